The van der Waals surface area contributed by atoms with Crippen molar-refractivity contribution in [2.24, 2.45) is 0 Å². The third kappa shape index (κ3) is 4.91. The molecule has 0 radical (unpaired) electrons. The maximum Gasteiger partial charge on any atom is 0.260 e. The molecule has 2 N–H and O–H groups in total. The van der Waals surface area contributed by atoms with Gasteiger partial charge in [-0.1, -0.05) is 32.9 Å². The first-order valence-electron chi connectivity index (χ1n) is 6.50. The molecule has 4 heteroatoms. The lowest BCUT2D eigenvalue weighted by Gasteiger charge is -2.21. The molecular weight excluding hydrogens is 242 g/mol. The first-order valence-corrected chi connectivity index (χ1v) is 6.50. The van der Waals surface area contributed by atoms with E-state index in [1.807, 2.05) is 24.3 Å². The van der Waals surface area contributed by atoms with Crippen LogP contribution in [-0.2, 0) is 10.2 Å². The normalized spacial score (nSPS) is 12.9. The van der Waals surface area contributed by atoms with Gasteiger partial charge in [0.05, 0.1) is 6.61 Å². The van der Waals surface area contributed by atoms with E-state index in [0.717, 1.165) is 5.56 Å². The van der Waals surface area contributed by atoms with Crippen LogP contribution < -0.4 is 10.1 Å². The number of benzene rings is 1. The minimum Gasteiger partial charge on any atom is -0.481 e. The van der Waals surface area contributed by atoms with E-state index in [1.54, 1.807) is 6.92 Å². The summed E-state index contributed by atoms with van der Waals surface area (Å²) in [6, 6.07) is 7.76. The van der Waals surface area contributed by atoms with E-state index in [2.05, 4.69) is 26.1 Å². The third-order valence-corrected chi connectivity index (χ3v) is 2.79. The molecule has 0 saturated carbocycles. The first-order chi connectivity index (χ1) is 8.84. The zero-order valence-corrected chi connectivity index (χ0v) is 12.1. The summed E-state index contributed by atoms with van der Waals surface area (Å²) in [6.45, 7) is 8.25. The van der Waals surface area contributed by atoms with Gasteiger partial charge >= 0.3 is 0 Å². The van der Waals surface area contributed by atoms with Gasteiger partial charge in [-0.2, -0.15) is 0 Å². The summed E-state index contributed by atoms with van der Waals surface area (Å²) in [7, 11) is 0. The average molecular weight is 265 g/mol. The Morgan fingerprint density at radius 3 is 2.68 bits per heavy atom. The van der Waals surface area contributed by atoms with Gasteiger partial charge in [-0.15, -0.1) is 0 Å². The van der Waals surface area contributed by atoms with E-state index in [1.165, 1.54) is 0 Å². The second-order valence-corrected chi connectivity index (χ2v) is 5.55. The summed E-state index contributed by atoms with van der Waals surface area (Å²) < 4.78 is 5.62. The number of nitrogens with one attached hydrogen (secondary N) is 1. The van der Waals surface area contributed by atoms with Crippen molar-refractivity contribution in [2.45, 2.75) is 39.2 Å². The zero-order chi connectivity index (χ0) is 14.5. The van der Waals surface area contributed by atoms with E-state index in [0.29, 0.717) is 5.75 Å². The third-order valence-electron chi connectivity index (χ3n) is 2.79. The Morgan fingerprint density at radius 1 is 1.42 bits per heavy atom. The average Bonchev–Trinajstić information content (AvgIpc) is 2.35. The minimum atomic E-state index is -0.582. The number of carbonyl (C=O) groups excluding carboxylic acids is 1. The highest BCUT2D eigenvalue weighted by atomic mass is 16.5. The number of aliphatic hydroxyl groups excluding tert-OH is 1. The number of rotatable bonds is 5. The minimum absolute atomic E-state index is 0.0434. The van der Waals surface area contributed by atoms with Crippen molar-refractivity contribution in [3.63, 3.8) is 0 Å². The van der Waals surface area contributed by atoms with Crippen LogP contribution >= 0.6 is 0 Å². The van der Waals surface area contributed by atoms with Crippen LogP contribution in [0.4, 0.5) is 0 Å². The number of amides is 1. The maximum absolute atomic E-state index is 11.6. The number of hydrogen-bond donors (Lipinski definition) is 2. The van der Waals surface area contributed by atoms with Gasteiger partial charge in [-0.3, -0.25) is 4.79 Å². The van der Waals surface area contributed by atoms with E-state index >= 15 is 0 Å². The summed E-state index contributed by atoms with van der Waals surface area (Å²) >= 11 is 0. The van der Waals surface area contributed by atoms with Crippen LogP contribution in [0.1, 0.15) is 33.3 Å². The predicted octanol–water partition coefficient (Wildman–Crippen LogP) is 1.86. The molecule has 1 atom stereocenters. The highest BCUT2D eigenvalue weighted by molar-refractivity contribution is 5.80. The number of ether oxygens (including phenoxy) is 1. The molecule has 0 aliphatic rings. The van der Waals surface area contributed by atoms with Gasteiger partial charge in [0.25, 0.3) is 5.91 Å². The molecule has 1 amide bonds. The van der Waals surface area contributed by atoms with Crippen LogP contribution in [0.15, 0.2) is 24.3 Å². The highest BCUT2D eigenvalue weighted by Crippen LogP contribution is 2.25. The molecule has 0 aromatic heterocycles. The van der Waals surface area contributed by atoms with Crippen LogP contribution in [0.3, 0.4) is 0 Å². The van der Waals surface area contributed by atoms with Gasteiger partial charge < -0.3 is 15.2 Å². The van der Waals surface area contributed by atoms with E-state index in [4.69, 9.17) is 9.84 Å². The standard InChI is InChI=1S/C15H23NO3/c1-11(14(18)16-8-9-17)19-13-7-5-6-12(10-13)15(2,3)4/h5-7,10-11,17H,8-9H2,1-4H3,(H,16,18). The number of carbonyl (C=O) groups is 1. The van der Waals surface area contributed by atoms with Crippen LogP contribution in [-0.4, -0.2) is 30.3 Å². The van der Waals surface area contributed by atoms with Crippen molar-refractivity contribution in [1.82, 2.24) is 5.32 Å². The first kappa shape index (κ1) is 15.5. The second-order valence-electron chi connectivity index (χ2n) is 5.55. The smallest absolute Gasteiger partial charge is 0.260 e. The summed E-state index contributed by atoms with van der Waals surface area (Å²) in [5.74, 6) is 0.453. The molecule has 0 aliphatic heterocycles. The Hall–Kier alpha value is -1.55. The largest absolute Gasteiger partial charge is 0.481 e. The zero-order valence-electron chi connectivity index (χ0n) is 12.1. The maximum atomic E-state index is 11.6. The predicted molar refractivity (Wildman–Crippen MR) is 75.3 cm³/mol. The molecule has 0 spiro atoms. The Morgan fingerprint density at radius 2 is 2.11 bits per heavy atom. The van der Waals surface area contributed by atoms with Gasteiger partial charge in [0.2, 0.25) is 0 Å². The molecule has 106 valence electrons. The number of aliphatic hydroxyl groups is 1. The Balaban J connectivity index is 2.69. The van der Waals surface area contributed by atoms with Crippen LogP contribution in [0.2, 0.25) is 0 Å². The molecule has 1 unspecified atom stereocenters. The molecule has 0 aliphatic carbocycles. The monoisotopic (exact) mass is 265 g/mol. The van der Waals surface area contributed by atoms with Gasteiger partial charge in [0.1, 0.15) is 5.75 Å². The van der Waals surface area contributed by atoms with Crippen molar-refractivity contribution in [2.75, 3.05) is 13.2 Å². The van der Waals surface area contributed by atoms with Crippen molar-refractivity contribution in [1.29, 1.82) is 0 Å². The van der Waals surface area contributed by atoms with Gasteiger partial charge in [0.15, 0.2) is 6.10 Å². The van der Waals surface area contributed by atoms with Crippen molar-refractivity contribution < 1.29 is 14.6 Å². The highest BCUT2D eigenvalue weighted by Gasteiger charge is 2.17. The molecule has 4 nitrogen and oxygen atoms in total. The fraction of sp³-hybridized carbons (Fsp3) is 0.533. The quantitative estimate of drug-likeness (QED) is 0.854. The van der Waals surface area contributed by atoms with Gasteiger partial charge in [-0.05, 0) is 30.0 Å². The molecule has 0 saturated heterocycles. The molecule has 1 aromatic carbocycles. The molecule has 0 bridgehead atoms. The summed E-state index contributed by atoms with van der Waals surface area (Å²) in [5, 5.41) is 11.2. The molecule has 1 rings (SSSR count). The Bertz CT molecular complexity index is 424. The molecule has 19 heavy (non-hydrogen) atoms. The van der Waals surface area contributed by atoms with Crippen LogP contribution in [0.5, 0.6) is 5.75 Å². The Labute approximate surface area is 114 Å². The lowest BCUT2D eigenvalue weighted by molar-refractivity contribution is -0.127. The van der Waals surface area contributed by atoms with Gasteiger partial charge in [0, 0.05) is 6.54 Å². The van der Waals surface area contributed by atoms with Gasteiger partial charge in [-0.25, -0.2) is 0 Å². The molecule has 0 heterocycles. The van der Waals surface area contributed by atoms with Crippen LogP contribution in [0.25, 0.3) is 0 Å². The van der Waals surface area contributed by atoms with E-state index in [9.17, 15) is 4.79 Å². The lowest BCUT2D eigenvalue weighted by atomic mass is 9.87. The summed E-state index contributed by atoms with van der Waals surface area (Å²) in [6.07, 6.45) is -0.582. The molecular formula is C15H23NO3. The van der Waals surface area contributed by atoms with Crippen LogP contribution in [0, 0.1) is 0 Å². The summed E-state index contributed by atoms with van der Waals surface area (Å²) in [4.78, 5) is 11.6. The topological polar surface area (TPSA) is 58.6 Å². The van der Waals surface area contributed by atoms with Crippen molar-refractivity contribution >= 4 is 5.91 Å². The Kier molecular flexibility index (Phi) is 5.36. The van der Waals surface area contributed by atoms with E-state index in [-0.39, 0.29) is 24.5 Å². The van der Waals surface area contributed by atoms with Crippen molar-refractivity contribution in [3.8, 4) is 5.75 Å². The van der Waals surface area contributed by atoms with Crippen molar-refractivity contribution in [3.05, 3.63) is 29.8 Å². The fourth-order valence-corrected chi connectivity index (χ4v) is 1.62. The SMILES string of the molecule is CC(Oc1cccc(C(C)(C)C)c1)C(=O)NCCO. The second kappa shape index (κ2) is 6.57. The fourth-order valence-electron chi connectivity index (χ4n) is 1.62. The lowest BCUT2D eigenvalue weighted by Crippen LogP contribution is -2.37. The number of hydrogen-bond acceptors (Lipinski definition) is 3. The molecule has 1 aromatic rings. The molecule has 0 fully saturated rings. The van der Waals surface area contributed by atoms with E-state index < -0.39 is 6.10 Å². The summed E-state index contributed by atoms with van der Waals surface area (Å²) in [5.41, 5.74) is 1.20.